The highest BCUT2D eigenvalue weighted by molar-refractivity contribution is 5.83. The Morgan fingerprint density at radius 2 is 1.80 bits per heavy atom. The second-order valence-corrected chi connectivity index (χ2v) is 7.60. The van der Waals surface area contributed by atoms with E-state index in [9.17, 15) is 9.59 Å². The summed E-state index contributed by atoms with van der Waals surface area (Å²) >= 11 is 0. The molecule has 3 heterocycles. The summed E-state index contributed by atoms with van der Waals surface area (Å²) in [7, 11) is 3.47. The van der Waals surface area contributed by atoms with Crippen LogP contribution < -0.4 is 0 Å². The van der Waals surface area contributed by atoms with Crippen molar-refractivity contribution in [3.63, 3.8) is 0 Å². The van der Waals surface area contributed by atoms with E-state index >= 15 is 0 Å². The average Bonchev–Trinajstić information content (AvgIpc) is 2.92. The van der Waals surface area contributed by atoms with Crippen LogP contribution in [-0.4, -0.2) is 66.3 Å². The molecule has 3 fully saturated rings. The lowest BCUT2D eigenvalue weighted by Gasteiger charge is -2.36. The van der Waals surface area contributed by atoms with E-state index in [1.807, 2.05) is 11.0 Å². The van der Waals surface area contributed by atoms with Gasteiger partial charge in [-0.05, 0) is 24.3 Å². The fourth-order valence-corrected chi connectivity index (χ4v) is 3.99. The summed E-state index contributed by atoms with van der Waals surface area (Å²) in [5, 5.41) is 0. The van der Waals surface area contributed by atoms with Crippen LogP contribution in [0.2, 0.25) is 0 Å². The normalized spacial score (nSPS) is 23.4. The summed E-state index contributed by atoms with van der Waals surface area (Å²) in [6, 6.07) is 11.0. The third-order valence-electron chi connectivity index (χ3n) is 5.46. The van der Waals surface area contributed by atoms with Gasteiger partial charge in [-0.15, -0.1) is 0 Å². The largest absolute Gasteiger partial charge is 0.349 e. The van der Waals surface area contributed by atoms with Crippen LogP contribution in [-0.2, 0) is 16.1 Å². The molecule has 5 nitrogen and oxygen atoms in total. The van der Waals surface area contributed by atoms with Crippen molar-refractivity contribution in [1.82, 2.24) is 14.7 Å². The molecule has 25 heavy (non-hydrogen) atoms. The first-order valence-electron chi connectivity index (χ1n) is 9.29. The molecule has 1 aromatic carbocycles. The molecule has 3 aliphatic heterocycles. The quantitative estimate of drug-likeness (QED) is 0.821. The van der Waals surface area contributed by atoms with Gasteiger partial charge in [0.15, 0.2) is 0 Å². The van der Waals surface area contributed by atoms with E-state index in [1.165, 1.54) is 12.0 Å². The van der Waals surface area contributed by atoms with Crippen LogP contribution in [0.15, 0.2) is 30.3 Å². The van der Waals surface area contributed by atoms with Gasteiger partial charge < -0.3 is 9.80 Å². The highest BCUT2D eigenvalue weighted by Crippen LogP contribution is 2.29. The molecule has 3 aliphatic rings. The smallest absolute Gasteiger partial charge is 0.223 e. The summed E-state index contributed by atoms with van der Waals surface area (Å²) in [5.41, 5.74) is 1.34. The van der Waals surface area contributed by atoms with Crippen molar-refractivity contribution in [2.45, 2.75) is 38.3 Å². The van der Waals surface area contributed by atoms with Crippen LogP contribution in [0.5, 0.6) is 0 Å². The molecule has 0 saturated carbocycles. The van der Waals surface area contributed by atoms with Gasteiger partial charge in [0.2, 0.25) is 11.8 Å². The Labute approximate surface area is 150 Å². The SMILES string of the molecule is CN(C)C(=O)CCC(=O)N1C[C@@H]2CC[C@H](C1)N(Cc1ccccc1)C2. The first kappa shape index (κ1) is 17.9. The third-order valence-corrected chi connectivity index (χ3v) is 5.46. The van der Waals surface area contributed by atoms with Gasteiger partial charge in [-0.25, -0.2) is 0 Å². The number of amides is 2. The van der Waals surface area contributed by atoms with Gasteiger partial charge in [0, 0.05) is 59.2 Å². The summed E-state index contributed by atoms with van der Waals surface area (Å²) < 4.78 is 0. The Balaban J connectivity index is 1.59. The van der Waals surface area contributed by atoms with Crippen molar-refractivity contribution in [1.29, 1.82) is 0 Å². The molecule has 2 atom stereocenters. The van der Waals surface area contributed by atoms with E-state index < -0.39 is 0 Å². The highest BCUT2D eigenvalue weighted by Gasteiger charge is 2.36. The molecule has 0 unspecified atom stereocenters. The number of rotatable bonds is 5. The summed E-state index contributed by atoms with van der Waals surface area (Å²) in [5.74, 6) is 0.710. The number of fused-ring (bicyclic) bond motifs is 4. The van der Waals surface area contributed by atoms with Gasteiger partial charge in [0.25, 0.3) is 0 Å². The molecular weight excluding hydrogens is 314 g/mol. The molecule has 0 N–H and O–H groups in total. The molecule has 0 radical (unpaired) electrons. The van der Waals surface area contributed by atoms with E-state index in [2.05, 4.69) is 29.2 Å². The van der Waals surface area contributed by atoms with Gasteiger partial charge in [-0.2, -0.15) is 0 Å². The van der Waals surface area contributed by atoms with Crippen LogP contribution in [0.4, 0.5) is 0 Å². The van der Waals surface area contributed by atoms with E-state index in [0.29, 0.717) is 24.8 Å². The Bertz CT molecular complexity index is 602. The van der Waals surface area contributed by atoms with Gasteiger partial charge in [-0.1, -0.05) is 30.3 Å². The van der Waals surface area contributed by atoms with Crippen molar-refractivity contribution in [3.05, 3.63) is 35.9 Å². The molecule has 136 valence electrons. The molecule has 1 aromatic rings. The number of nitrogens with zero attached hydrogens (tertiary/aromatic N) is 3. The molecule has 2 bridgehead atoms. The summed E-state index contributed by atoms with van der Waals surface area (Å²) in [6.07, 6.45) is 3.01. The van der Waals surface area contributed by atoms with Crippen LogP contribution in [0.25, 0.3) is 0 Å². The maximum atomic E-state index is 12.6. The van der Waals surface area contributed by atoms with Crippen molar-refractivity contribution >= 4 is 11.8 Å². The highest BCUT2D eigenvalue weighted by atomic mass is 16.2. The van der Waals surface area contributed by atoms with Crippen LogP contribution in [0.1, 0.15) is 31.2 Å². The molecule has 0 aromatic heterocycles. The number of carbonyl (C=O) groups is 2. The molecule has 4 rings (SSSR count). The molecule has 2 amide bonds. The monoisotopic (exact) mass is 343 g/mol. The van der Waals surface area contributed by atoms with E-state index in [-0.39, 0.29) is 11.8 Å². The minimum atomic E-state index is 0.0249. The molecule has 5 heteroatoms. The third kappa shape index (κ3) is 4.60. The predicted molar refractivity (Wildman–Crippen MR) is 97.9 cm³/mol. The Morgan fingerprint density at radius 3 is 2.52 bits per heavy atom. The fourth-order valence-electron chi connectivity index (χ4n) is 3.99. The summed E-state index contributed by atoms with van der Waals surface area (Å²) in [6.45, 7) is 3.68. The molecule has 0 spiro atoms. The number of piperidine rings is 1. The van der Waals surface area contributed by atoms with Gasteiger partial charge in [0.1, 0.15) is 0 Å². The van der Waals surface area contributed by atoms with Crippen molar-refractivity contribution in [2.24, 2.45) is 5.92 Å². The lowest BCUT2D eigenvalue weighted by atomic mass is 9.94. The minimum Gasteiger partial charge on any atom is -0.349 e. The van der Waals surface area contributed by atoms with Gasteiger partial charge >= 0.3 is 0 Å². The van der Waals surface area contributed by atoms with Crippen molar-refractivity contribution in [2.75, 3.05) is 33.7 Å². The zero-order chi connectivity index (χ0) is 17.8. The molecule has 3 saturated heterocycles. The van der Waals surface area contributed by atoms with Crippen LogP contribution >= 0.6 is 0 Å². The Hall–Kier alpha value is -1.88. The second-order valence-electron chi connectivity index (χ2n) is 7.60. The zero-order valence-corrected chi connectivity index (χ0v) is 15.4. The Kier molecular flexibility index (Phi) is 5.74. The number of carbonyl (C=O) groups excluding carboxylic acids is 2. The second kappa shape index (κ2) is 8.00. The number of benzene rings is 1. The van der Waals surface area contributed by atoms with Crippen molar-refractivity contribution in [3.8, 4) is 0 Å². The molecule has 0 aliphatic carbocycles. The first-order chi connectivity index (χ1) is 12.0. The topological polar surface area (TPSA) is 43.9 Å². The lowest BCUT2D eigenvalue weighted by molar-refractivity contribution is -0.136. The van der Waals surface area contributed by atoms with Crippen molar-refractivity contribution < 1.29 is 9.59 Å². The number of hydrogen-bond acceptors (Lipinski definition) is 3. The zero-order valence-electron chi connectivity index (χ0n) is 15.4. The van der Waals surface area contributed by atoms with E-state index in [4.69, 9.17) is 0 Å². The van der Waals surface area contributed by atoms with Gasteiger partial charge in [0.05, 0.1) is 0 Å². The maximum Gasteiger partial charge on any atom is 0.223 e. The predicted octanol–water partition coefficient (Wildman–Crippen LogP) is 1.98. The standard InChI is InChI=1S/C20H29N3O2/c1-21(2)19(24)10-11-20(25)23-14-17-8-9-18(15-23)22(13-17)12-16-6-4-3-5-7-16/h3-7,17-18H,8-15H2,1-2H3/t17-,18-/m1/s1. The van der Waals surface area contributed by atoms with Gasteiger partial charge in [-0.3, -0.25) is 14.5 Å². The van der Waals surface area contributed by atoms with E-state index in [1.54, 1.807) is 19.0 Å². The number of hydrogen-bond donors (Lipinski definition) is 0. The average molecular weight is 343 g/mol. The molecular formula is C20H29N3O2. The maximum absolute atomic E-state index is 12.6. The lowest BCUT2D eigenvalue weighted by Crippen LogP contribution is -2.44. The minimum absolute atomic E-state index is 0.0249. The summed E-state index contributed by atoms with van der Waals surface area (Å²) in [4.78, 5) is 30.4. The first-order valence-corrected chi connectivity index (χ1v) is 9.29. The Morgan fingerprint density at radius 1 is 1.04 bits per heavy atom. The van der Waals surface area contributed by atoms with E-state index in [0.717, 1.165) is 32.6 Å². The fraction of sp³-hybridized carbons (Fsp3) is 0.600. The van der Waals surface area contributed by atoms with Crippen LogP contribution in [0.3, 0.4) is 0 Å². The van der Waals surface area contributed by atoms with Crippen LogP contribution in [0, 0.1) is 5.92 Å².